The van der Waals surface area contributed by atoms with Crippen LogP contribution in [-0.4, -0.2) is 70.5 Å². The van der Waals surface area contributed by atoms with Crippen LogP contribution in [0.25, 0.3) is 0 Å². The van der Waals surface area contributed by atoms with Crippen molar-refractivity contribution in [2.24, 2.45) is 5.92 Å². The highest BCUT2D eigenvalue weighted by atomic mass is 16.6. The second-order valence-electron chi connectivity index (χ2n) is 10.7. The van der Waals surface area contributed by atoms with Gasteiger partial charge >= 0.3 is 0 Å². The van der Waals surface area contributed by atoms with Gasteiger partial charge in [-0.25, -0.2) is 0 Å². The SMILES string of the molecule is CC(/C=C/[C@H]1OC(C)(C)C[C@@]2(CO2)[C@@H]1O)=C\C[C@@H]1O[C@H](C)C(NC(=O)/C=C\[C@@H](C)O)C[C@@H]1C. The maximum absolute atomic E-state index is 12.1. The van der Waals surface area contributed by atoms with Crippen LogP contribution in [0.3, 0.4) is 0 Å². The third-order valence-electron chi connectivity index (χ3n) is 6.84. The van der Waals surface area contributed by atoms with E-state index < -0.39 is 23.9 Å². The van der Waals surface area contributed by atoms with Crippen LogP contribution in [0.15, 0.2) is 36.0 Å². The van der Waals surface area contributed by atoms with Crippen LogP contribution in [0.1, 0.15) is 60.8 Å². The van der Waals surface area contributed by atoms with Gasteiger partial charge in [0.1, 0.15) is 17.8 Å². The molecule has 0 aromatic carbocycles. The Morgan fingerprint density at radius 1 is 1.27 bits per heavy atom. The molecule has 8 atom stereocenters. The molecule has 3 aliphatic heterocycles. The minimum Gasteiger partial charge on any atom is -0.389 e. The van der Waals surface area contributed by atoms with Gasteiger partial charge in [-0.05, 0) is 53.4 Å². The van der Waals surface area contributed by atoms with Gasteiger partial charge in [0.2, 0.25) is 5.91 Å². The van der Waals surface area contributed by atoms with E-state index in [0.29, 0.717) is 13.0 Å². The van der Waals surface area contributed by atoms with Crippen molar-refractivity contribution in [1.29, 1.82) is 0 Å². The molecule has 0 aromatic heterocycles. The highest BCUT2D eigenvalue weighted by Gasteiger charge is 2.60. The quantitative estimate of drug-likeness (QED) is 0.305. The lowest BCUT2D eigenvalue weighted by atomic mass is 9.83. The third-order valence-corrected chi connectivity index (χ3v) is 6.84. The maximum Gasteiger partial charge on any atom is 0.244 e. The first kappa shape index (κ1) is 26.1. The lowest BCUT2D eigenvalue weighted by Gasteiger charge is -2.41. The van der Waals surface area contributed by atoms with E-state index >= 15 is 0 Å². The summed E-state index contributed by atoms with van der Waals surface area (Å²) in [5, 5.41) is 22.9. The lowest BCUT2D eigenvalue weighted by Crippen LogP contribution is -2.53. The summed E-state index contributed by atoms with van der Waals surface area (Å²) in [5.74, 6) is 0.0769. The molecule has 0 aromatic rings. The lowest BCUT2D eigenvalue weighted by molar-refractivity contribution is -0.171. The second-order valence-corrected chi connectivity index (χ2v) is 10.7. The number of aliphatic hydroxyl groups excluding tert-OH is 2. The summed E-state index contributed by atoms with van der Waals surface area (Å²) in [7, 11) is 0. The van der Waals surface area contributed by atoms with Crippen LogP contribution >= 0.6 is 0 Å². The topological polar surface area (TPSA) is 101 Å². The van der Waals surface area contributed by atoms with E-state index in [1.165, 1.54) is 12.2 Å². The summed E-state index contributed by atoms with van der Waals surface area (Å²) >= 11 is 0. The van der Waals surface area contributed by atoms with Gasteiger partial charge < -0.3 is 29.7 Å². The molecule has 1 spiro atoms. The van der Waals surface area contributed by atoms with Gasteiger partial charge in [-0.2, -0.15) is 0 Å². The molecule has 1 amide bonds. The molecule has 7 nitrogen and oxygen atoms in total. The van der Waals surface area contributed by atoms with Gasteiger partial charge in [0.05, 0.1) is 36.6 Å². The predicted octanol–water partition coefficient (Wildman–Crippen LogP) is 2.81. The van der Waals surface area contributed by atoms with Crippen molar-refractivity contribution < 1.29 is 29.2 Å². The zero-order chi connectivity index (χ0) is 24.4. The fourth-order valence-corrected chi connectivity index (χ4v) is 4.90. The molecular formula is C26H41NO6. The van der Waals surface area contributed by atoms with Crippen LogP contribution in [0, 0.1) is 5.92 Å². The highest BCUT2D eigenvalue weighted by molar-refractivity contribution is 5.87. The van der Waals surface area contributed by atoms with Gasteiger partial charge in [-0.1, -0.05) is 36.8 Å². The average molecular weight is 464 g/mol. The van der Waals surface area contributed by atoms with E-state index in [1.807, 2.05) is 39.8 Å². The zero-order valence-electron chi connectivity index (χ0n) is 20.8. The van der Waals surface area contributed by atoms with Crippen molar-refractivity contribution >= 4 is 5.91 Å². The zero-order valence-corrected chi connectivity index (χ0v) is 20.8. The minimum atomic E-state index is -0.653. The fourth-order valence-electron chi connectivity index (χ4n) is 4.90. The summed E-state index contributed by atoms with van der Waals surface area (Å²) in [6, 6.07) is -0.0578. The summed E-state index contributed by atoms with van der Waals surface area (Å²) < 4.78 is 17.9. The second kappa shape index (κ2) is 10.4. The molecule has 7 heteroatoms. The van der Waals surface area contributed by atoms with E-state index in [9.17, 15) is 15.0 Å². The first-order chi connectivity index (χ1) is 15.4. The standard InChI is InChI=1S/C26H41NO6/c1-16(8-11-22-24(30)26(15-31-26)14-25(5,6)33-22)7-10-21-17(2)13-20(19(4)32-21)27-23(29)12-9-18(3)28/h7-9,11-12,17-22,24,28,30H,10,13-15H2,1-6H3,(H,27,29)/b11-8+,12-9-,16-7+/t17-,18+,19+,20?,21-,22+,24+,26+/m0/s1. The summed E-state index contributed by atoms with van der Waals surface area (Å²) in [4.78, 5) is 12.1. The van der Waals surface area contributed by atoms with Gasteiger partial charge in [-0.3, -0.25) is 4.79 Å². The Kier molecular flexibility index (Phi) is 8.23. The molecule has 3 fully saturated rings. The van der Waals surface area contributed by atoms with Crippen molar-refractivity contribution in [3.05, 3.63) is 36.0 Å². The van der Waals surface area contributed by atoms with Gasteiger partial charge in [0.25, 0.3) is 0 Å². The van der Waals surface area contributed by atoms with Crippen LogP contribution in [-0.2, 0) is 19.0 Å². The first-order valence-corrected chi connectivity index (χ1v) is 12.1. The molecule has 3 N–H and O–H groups in total. The van der Waals surface area contributed by atoms with Crippen molar-refractivity contribution in [3.8, 4) is 0 Å². The number of hydrogen-bond acceptors (Lipinski definition) is 6. The van der Waals surface area contributed by atoms with E-state index in [4.69, 9.17) is 14.2 Å². The van der Waals surface area contributed by atoms with E-state index in [1.54, 1.807) is 6.92 Å². The molecular weight excluding hydrogens is 422 g/mol. The van der Waals surface area contributed by atoms with Crippen LogP contribution in [0.5, 0.6) is 0 Å². The molecule has 0 radical (unpaired) electrons. The Hall–Kier alpha value is -1.51. The van der Waals surface area contributed by atoms with E-state index in [2.05, 4.69) is 18.3 Å². The van der Waals surface area contributed by atoms with Gasteiger partial charge in [0.15, 0.2) is 0 Å². The van der Waals surface area contributed by atoms with Crippen molar-refractivity contribution in [1.82, 2.24) is 5.32 Å². The Balaban J connectivity index is 1.52. The highest BCUT2D eigenvalue weighted by Crippen LogP contribution is 2.46. The Labute approximate surface area is 197 Å². The van der Waals surface area contributed by atoms with Crippen LogP contribution in [0.2, 0.25) is 0 Å². The molecule has 0 aliphatic carbocycles. The fraction of sp³-hybridized carbons (Fsp3) is 0.731. The van der Waals surface area contributed by atoms with Crippen molar-refractivity contribution in [2.45, 2.75) is 109 Å². The number of aliphatic hydroxyl groups is 2. The van der Waals surface area contributed by atoms with E-state index in [0.717, 1.165) is 18.4 Å². The molecule has 0 saturated carbocycles. The number of rotatable bonds is 7. The molecule has 3 aliphatic rings. The Morgan fingerprint density at radius 2 is 1.97 bits per heavy atom. The number of ether oxygens (including phenoxy) is 3. The van der Waals surface area contributed by atoms with Crippen molar-refractivity contribution in [3.63, 3.8) is 0 Å². The van der Waals surface area contributed by atoms with Gasteiger partial charge in [-0.15, -0.1) is 0 Å². The molecule has 3 heterocycles. The Bertz CT molecular complexity index is 782. The third kappa shape index (κ3) is 6.99. The maximum atomic E-state index is 12.1. The smallest absolute Gasteiger partial charge is 0.244 e. The molecule has 33 heavy (non-hydrogen) atoms. The number of carbonyl (C=O) groups excluding carboxylic acids is 1. The molecule has 186 valence electrons. The molecule has 1 unspecified atom stereocenters. The van der Waals surface area contributed by atoms with Crippen LogP contribution in [0.4, 0.5) is 0 Å². The minimum absolute atomic E-state index is 0.0578. The summed E-state index contributed by atoms with van der Waals surface area (Å²) in [5.41, 5.74) is 0.303. The summed E-state index contributed by atoms with van der Waals surface area (Å²) in [6.45, 7) is 12.4. The van der Waals surface area contributed by atoms with E-state index in [-0.39, 0.29) is 35.7 Å². The van der Waals surface area contributed by atoms with Crippen molar-refractivity contribution in [2.75, 3.05) is 6.61 Å². The Morgan fingerprint density at radius 3 is 2.61 bits per heavy atom. The normalized spacial score (nSPS) is 39.8. The van der Waals surface area contributed by atoms with Gasteiger partial charge in [0, 0.05) is 12.5 Å². The average Bonchev–Trinajstić information content (AvgIpc) is 3.48. The number of nitrogens with one attached hydrogen (secondary N) is 1. The predicted molar refractivity (Wildman–Crippen MR) is 127 cm³/mol. The monoisotopic (exact) mass is 463 g/mol. The number of allylic oxidation sites excluding steroid dienone is 2. The number of epoxide rings is 1. The first-order valence-electron chi connectivity index (χ1n) is 12.1. The molecule has 0 bridgehead atoms. The number of amides is 1. The summed E-state index contributed by atoms with van der Waals surface area (Å²) in [6.07, 6.45) is 9.52. The van der Waals surface area contributed by atoms with Crippen LogP contribution < -0.4 is 5.32 Å². The number of hydrogen-bond donors (Lipinski definition) is 3. The molecule has 3 rings (SSSR count). The largest absolute Gasteiger partial charge is 0.389 e. The molecule has 3 saturated heterocycles. The number of carbonyl (C=O) groups is 1.